The van der Waals surface area contributed by atoms with Crippen molar-refractivity contribution >= 4 is 21.4 Å². The van der Waals surface area contributed by atoms with Gasteiger partial charge in [0.2, 0.25) is 10.0 Å². The van der Waals surface area contributed by atoms with Gasteiger partial charge in [0, 0.05) is 11.4 Å². The second kappa shape index (κ2) is 7.44. The molecule has 1 atom stereocenters. The van der Waals surface area contributed by atoms with Crippen molar-refractivity contribution in [2.75, 3.05) is 13.7 Å². The Hall–Kier alpha value is -1.41. The lowest BCUT2D eigenvalue weighted by molar-refractivity contribution is 0.173. The zero-order valence-electron chi connectivity index (χ0n) is 13.4. The standard InChI is InChI=1S/C16H21NO4S2/c1-11-9-14(21-3)16(10-12(11)2)23(19,20)17-7-6-13(18)15-5-4-8-22-15/h4-5,8-10,13,17-18H,6-7H2,1-3H3/t13-/m0/s1. The second-order valence-corrected chi connectivity index (χ2v) is 8.02. The Bertz CT molecular complexity index is 755. The predicted molar refractivity (Wildman–Crippen MR) is 91.6 cm³/mol. The molecule has 1 heterocycles. The Morgan fingerprint density at radius 3 is 2.61 bits per heavy atom. The molecule has 0 aliphatic rings. The Kier molecular flexibility index (Phi) is 5.80. The van der Waals surface area contributed by atoms with E-state index in [0.717, 1.165) is 16.0 Å². The molecule has 0 unspecified atom stereocenters. The van der Waals surface area contributed by atoms with Crippen molar-refractivity contribution in [2.24, 2.45) is 0 Å². The molecule has 0 saturated heterocycles. The first-order chi connectivity index (χ1) is 10.8. The van der Waals surface area contributed by atoms with Crippen LogP contribution < -0.4 is 9.46 Å². The zero-order chi connectivity index (χ0) is 17.0. The Morgan fingerprint density at radius 2 is 2.00 bits per heavy atom. The number of thiophene rings is 1. The van der Waals surface area contributed by atoms with Crippen molar-refractivity contribution in [1.82, 2.24) is 4.72 Å². The number of rotatable bonds is 7. The minimum absolute atomic E-state index is 0.119. The highest BCUT2D eigenvalue weighted by molar-refractivity contribution is 7.89. The van der Waals surface area contributed by atoms with Crippen LogP contribution in [0.4, 0.5) is 0 Å². The second-order valence-electron chi connectivity index (χ2n) is 5.30. The van der Waals surface area contributed by atoms with Crippen LogP contribution in [-0.4, -0.2) is 27.2 Å². The largest absolute Gasteiger partial charge is 0.495 e. The van der Waals surface area contributed by atoms with Gasteiger partial charge in [0.1, 0.15) is 10.6 Å². The number of aryl methyl sites for hydroxylation is 2. The van der Waals surface area contributed by atoms with E-state index in [1.54, 1.807) is 12.1 Å². The number of ether oxygens (including phenoxy) is 1. The highest BCUT2D eigenvalue weighted by Gasteiger charge is 2.21. The first-order valence-electron chi connectivity index (χ1n) is 7.21. The summed E-state index contributed by atoms with van der Waals surface area (Å²) in [5.74, 6) is 0.319. The lowest BCUT2D eigenvalue weighted by atomic mass is 10.1. The molecule has 5 nitrogen and oxygen atoms in total. The molecule has 0 aliphatic heterocycles. The summed E-state index contributed by atoms with van der Waals surface area (Å²) >= 11 is 1.45. The average molecular weight is 355 g/mol. The number of aliphatic hydroxyl groups excluding tert-OH is 1. The minimum atomic E-state index is -3.69. The molecule has 0 amide bonds. The van der Waals surface area contributed by atoms with Crippen LogP contribution in [0.5, 0.6) is 5.75 Å². The van der Waals surface area contributed by atoms with Crippen molar-refractivity contribution in [3.05, 3.63) is 45.6 Å². The number of hydrogen-bond donors (Lipinski definition) is 2. The van der Waals surface area contributed by atoms with Gasteiger partial charge in [0.15, 0.2) is 0 Å². The molecule has 2 aromatic rings. The van der Waals surface area contributed by atoms with E-state index in [1.807, 2.05) is 31.4 Å². The van der Waals surface area contributed by atoms with Crippen molar-refractivity contribution in [1.29, 1.82) is 0 Å². The van der Waals surface area contributed by atoms with Crippen LogP contribution in [0.25, 0.3) is 0 Å². The molecule has 7 heteroatoms. The van der Waals surface area contributed by atoms with E-state index in [9.17, 15) is 13.5 Å². The van der Waals surface area contributed by atoms with E-state index in [4.69, 9.17) is 4.74 Å². The molecular weight excluding hydrogens is 334 g/mol. The Morgan fingerprint density at radius 1 is 1.30 bits per heavy atom. The van der Waals surface area contributed by atoms with Gasteiger partial charge in [-0.1, -0.05) is 6.07 Å². The average Bonchev–Trinajstić information content (AvgIpc) is 3.03. The summed E-state index contributed by atoms with van der Waals surface area (Å²) in [6, 6.07) is 7.00. The molecule has 2 N–H and O–H groups in total. The lowest BCUT2D eigenvalue weighted by Gasteiger charge is -2.14. The van der Waals surface area contributed by atoms with Crippen LogP contribution in [0.3, 0.4) is 0 Å². The van der Waals surface area contributed by atoms with Crippen LogP contribution in [0.1, 0.15) is 28.5 Å². The van der Waals surface area contributed by atoms with Gasteiger partial charge in [-0.15, -0.1) is 11.3 Å². The Labute approximate surface area is 141 Å². The summed E-state index contributed by atoms with van der Waals surface area (Å²) < 4.78 is 32.7. The van der Waals surface area contributed by atoms with E-state index in [2.05, 4.69) is 4.72 Å². The van der Waals surface area contributed by atoms with E-state index in [0.29, 0.717) is 12.2 Å². The fourth-order valence-corrected chi connectivity index (χ4v) is 4.19. The van der Waals surface area contributed by atoms with Crippen molar-refractivity contribution in [3.8, 4) is 5.75 Å². The smallest absolute Gasteiger partial charge is 0.244 e. The van der Waals surface area contributed by atoms with Gasteiger partial charge in [0.05, 0.1) is 13.2 Å². The molecule has 0 bridgehead atoms. The van der Waals surface area contributed by atoms with Crippen molar-refractivity contribution in [2.45, 2.75) is 31.3 Å². The molecular formula is C16H21NO4S2. The molecule has 1 aromatic heterocycles. The number of methoxy groups -OCH3 is 1. The molecule has 126 valence electrons. The van der Waals surface area contributed by atoms with Crippen LogP contribution in [0.2, 0.25) is 0 Å². The maximum atomic E-state index is 12.5. The van der Waals surface area contributed by atoms with Gasteiger partial charge in [-0.2, -0.15) is 0 Å². The number of aliphatic hydroxyl groups is 1. The summed E-state index contributed by atoms with van der Waals surface area (Å²) in [5, 5.41) is 11.9. The zero-order valence-corrected chi connectivity index (χ0v) is 15.0. The van der Waals surface area contributed by atoms with Gasteiger partial charge < -0.3 is 9.84 Å². The van der Waals surface area contributed by atoms with E-state index in [-0.39, 0.29) is 11.4 Å². The third-order valence-corrected chi connectivity index (χ3v) is 6.11. The SMILES string of the molecule is COc1cc(C)c(C)cc1S(=O)(=O)NCC[C@H](O)c1cccs1. The van der Waals surface area contributed by atoms with Crippen molar-refractivity contribution in [3.63, 3.8) is 0 Å². The van der Waals surface area contributed by atoms with Crippen LogP contribution in [0, 0.1) is 13.8 Å². The monoisotopic (exact) mass is 355 g/mol. The van der Waals surface area contributed by atoms with Gasteiger partial charge in [-0.25, -0.2) is 13.1 Å². The first-order valence-corrected chi connectivity index (χ1v) is 9.58. The van der Waals surface area contributed by atoms with Gasteiger partial charge in [-0.3, -0.25) is 0 Å². The molecule has 0 spiro atoms. The normalized spacial score (nSPS) is 13.0. The summed E-state index contributed by atoms with van der Waals surface area (Å²) in [6.45, 7) is 3.91. The number of hydrogen-bond acceptors (Lipinski definition) is 5. The van der Waals surface area contributed by atoms with Crippen LogP contribution in [-0.2, 0) is 10.0 Å². The number of nitrogens with one attached hydrogen (secondary N) is 1. The lowest BCUT2D eigenvalue weighted by Crippen LogP contribution is -2.26. The molecule has 0 aliphatic carbocycles. The quantitative estimate of drug-likeness (QED) is 0.801. The van der Waals surface area contributed by atoms with E-state index >= 15 is 0 Å². The molecule has 0 fully saturated rings. The highest BCUT2D eigenvalue weighted by Crippen LogP contribution is 2.27. The predicted octanol–water partition coefficient (Wildman–Crippen LogP) is 2.78. The fraction of sp³-hybridized carbons (Fsp3) is 0.375. The number of sulfonamides is 1. The van der Waals surface area contributed by atoms with Gasteiger partial charge in [0.25, 0.3) is 0 Å². The van der Waals surface area contributed by atoms with Crippen LogP contribution in [0.15, 0.2) is 34.5 Å². The molecule has 23 heavy (non-hydrogen) atoms. The maximum Gasteiger partial charge on any atom is 0.244 e. The summed E-state index contributed by atoms with van der Waals surface area (Å²) in [7, 11) is -2.24. The molecule has 0 saturated carbocycles. The van der Waals surface area contributed by atoms with E-state index < -0.39 is 16.1 Å². The maximum absolute atomic E-state index is 12.5. The molecule has 2 rings (SSSR count). The minimum Gasteiger partial charge on any atom is -0.495 e. The topological polar surface area (TPSA) is 75.6 Å². The molecule has 1 aromatic carbocycles. The number of benzene rings is 1. The third-order valence-electron chi connectivity index (χ3n) is 3.65. The van der Waals surface area contributed by atoms with Crippen molar-refractivity contribution < 1.29 is 18.3 Å². The first kappa shape index (κ1) is 17.9. The summed E-state index contributed by atoms with van der Waals surface area (Å²) in [5.41, 5.74) is 1.85. The molecule has 0 radical (unpaired) electrons. The van der Waals surface area contributed by atoms with Gasteiger partial charge in [-0.05, 0) is 55.0 Å². The fourth-order valence-electron chi connectivity index (χ4n) is 2.16. The van der Waals surface area contributed by atoms with Gasteiger partial charge >= 0.3 is 0 Å². The summed E-state index contributed by atoms with van der Waals surface area (Å²) in [6.07, 6.45) is -0.355. The summed E-state index contributed by atoms with van der Waals surface area (Å²) in [4.78, 5) is 0.946. The van der Waals surface area contributed by atoms with Crippen LogP contribution >= 0.6 is 11.3 Å². The Balaban J connectivity index is 2.09. The van der Waals surface area contributed by atoms with E-state index in [1.165, 1.54) is 18.4 Å². The third kappa shape index (κ3) is 4.32. The highest BCUT2D eigenvalue weighted by atomic mass is 32.2.